The van der Waals surface area contributed by atoms with Gasteiger partial charge in [0.15, 0.2) is 6.61 Å². The number of carbonyl (C=O) groups is 2. The minimum atomic E-state index is -1.11. The van der Waals surface area contributed by atoms with Gasteiger partial charge in [-0.25, -0.2) is 7.91 Å². The molecule has 0 aromatic carbocycles. The summed E-state index contributed by atoms with van der Waals surface area (Å²) in [6, 6.07) is 0. The molecule has 0 atom stereocenters. The maximum absolute atomic E-state index is 10.8. The van der Waals surface area contributed by atoms with Crippen molar-refractivity contribution in [2.45, 2.75) is 0 Å². The van der Waals surface area contributed by atoms with E-state index in [2.05, 4.69) is 10.7 Å². The monoisotopic (exact) mass is 283 g/mol. The number of carboxylic acid groups (broad SMARTS) is 1. The van der Waals surface area contributed by atoms with Gasteiger partial charge >= 0.3 is 12.1 Å². The van der Waals surface area contributed by atoms with E-state index in [0.29, 0.717) is 0 Å². The molecule has 12 heavy (non-hydrogen) atoms. The maximum Gasteiger partial charge on any atom is 0.420 e. The molecule has 0 aliphatic rings. The molecule has 5 nitrogen and oxygen atoms in total. The van der Waals surface area contributed by atoms with E-state index < -0.39 is 18.6 Å². The smallest absolute Gasteiger partial charge is 0.420 e. The molecule has 0 aromatic heterocycles. The fraction of sp³-hybridized carbons (Fsp3) is 0.333. The van der Waals surface area contributed by atoms with E-state index in [0.717, 1.165) is 3.11 Å². The maximum atomic E-state index is 10.8. The fourth-order valence-electron chi connectivity index (χ4n) is 0.357. The van der Waals surface area contributed by atoms with Crippen LogP contribution in [0.25, 0.3) is 0 Å². The normalized spacial score (nSPS) is 8.33. The molecule has 0 rings (SSSR count). The molecular formula is C6H6INO4. The van der Waals surface area contributed by atoms with Gasteiger partial charge in [0.2, 0.25) is 0 Å². The molecule has 1 N–H and O–H groups in total. The van der Waals surface area contributed by atoms with Gasteiger partial charge in [0.05, 0.1) is 22.9 Å². The highest BCUT2D eigenvalue weighted by atomic mass is 127. The van der Waals surface area contributed by atoms with E-state index in [1.54, 1.807) is 0 Å². The summed E-state index contributed by atoms with van der Waals surface area (Å²) in [5, 5.41) is 8.26. The Balaban J connectivity index is 3.78. The van der Waals surface area contributed by atoms with Gasteiger partial charge in [-0.15, -0.1) is 6.42 Å². The zero-order valence-corrected chi connectivity index (χ0v) is 8.15. The van der Waals surface area contributed by atoms with Crippen molar-refractivity contribution in [3.8, 4) is 12.3 Å². The first-order valence-electron chi connectivity index (χ1n) is 2.83. The van der Waals surface area contributed by atoms with Crippen LogP contribution in [0.2, 0.25) is 0 Å². The zero-order valence-electron chi connectivity index (χ0n) is 5.99. The lowest BCUT2D eigenvalue weighted by Gasteiger charge is -2.09. The second-order valence-electron chi connectivity index (χ2n) is 1.67. The number of carbonyl (C=O) groups excluding carboxylic acids is 1. The van der Waals surface area contributed by atoms with Crippen LogP contribution >= 0.6 is 22.9 Å². The van der Waals surface area contributed by atoms with Gasteiger partial charge < -0.3 is 9.84 Å². The minimum absolute atomic E-state index is 0.155. The van der Waals surface area contributed by atoms with Crippen LogP contribution in [0.5, 0.6) is 0 Å². The highest BCUT2D eigenvalue weighted by molar-refractivity contribution is 14.1. The van der Waals surface area contributed by atoms with Crippen LogP contribution in [0.4, 0.5) is 4.79 Å². The standard InChI is InChI=1S/C6H6INO4/c1-2-3-12-6(11)8(7)4-5(9)10/h1H,3-4H2,(H,9,10). The summed E-state index contributed by atoms with van der Waals surface area (Å²) in [7, 11) is 0. The highest BCUT2D eigenvalue weighted by Crippen LogP contribution is 2.01. The Bertz CT molecular complexity index is 222. The molecule has 1 amide bonds. The summed E-state index contributed by atoms with van der Waals surface area (Å²) < 4.78 is 5.32. The SMILES string of the molecule is C#CCOC(=O)N(I)CC(=O)O. The second kappa shape index (κ2) is 5.65. The number of hydrogen-bond acceptors (Lipinski definition) is 3. The van der Waals surface area contributed by atoms with Crippen LogP contribution in [-0.2, 0) is 9.53 Å². The molecule has 0 saturated carbocycles. The van der Waals surface area contributed by atoms with Crippen LogP contribution in [0.3, 0.4) is 0 Å². The number of aliphatic carboxylic acids is 1. The van der Waals surface area contributed by atoms with Gasteiger partial charge in [-0.1, -0.05) is 5.92 Å². The second-order valence-corrected chi connectivity index (χ2v) is 2.84. The first-order valence-corrected chi connectivity index (χ1v) is 3.79. The first-order chi connectivity index (χ1) is 5.57. The predicted molar refractivity (Wildman–Crippen MR) is 48.5 cm³/mol. The average molecular weight is 283 g/mol. The Morgan fingerprint density at radius 2 is 2.25 bits per heavy atom. The van der Waals surface area contributed by atoms with Crippen LogP contribution in [0.1, 0.15) is 0 Å². The summed E-state index contributed by atoms with van der Waals surface area (Å²) in [6.07, 6.45) is 4.06. The number of hydrogen-bond donors (Lipinski definition) is 1. The number of carboxylic acids is 1. The lowest BCUT2D eigenvalue weighted by atomic mass is 10.7. The van der Waals surface area contributed by atoms with E-state index in [1.807, 2.05) is 0 Å². The molecule has 0 fully saturated rings. The quantitative estimate of drug-likeness (QED) is 0.465. The molecule has 66 valence electrons. The Morgan fingerprint density at radius 3 is 2.67 bits per heavy atom. The van der Waals surface area contributed by atoms with Crippen molar-refractivity contribution >= 4 is 34.9 Å². The molecule has 0 radical (unpaired) electrons. The van der Waals surface area contributed by atoms with E-state index >= 15 is 0 Å². The number of halogens is 1. The van der Waals surface area contributed by atoms with Crippen molar-refractivity contribution in [1.82, 2.24) is 3.11 Å². The number of amides is 1. The molecule has 0 bridgehead atoms. The van der Waals surface area contributed by atoms with Crippen molar-refractivity contribution in [1.29, 1.82) is 0 Å². The number of terminal acetylenes is 1. The van der Waals surface area contributed by atoms with Gasteiger partial charge in [-0.2, -0.15) is 0 Å². The molecule has 0 saturated heterocycles. The van der Waals surface area contributed by atoms with Gasteiger partial charge in [0, 0.05) is 0 Å². The van der Waals surface area contributed by atoms with E-state index in [4.69, 9.17) is 11.5 Å². The van der Waals surface area contributed by atoms with Crippen molar-refractivity contribution in [2.24, 2.45) is 0 Å². The van der Waals surface area contributed by atoms with Crippen LogP contribution in [0.15, 0.2) is 0 Å². The van der Waals surface area contributed by atoms with Crippen LogP contribution < -0.4 is 0 Å². The highest BCUT2D eigenvalue weighted by Gasteiger charge is 2.14. The Kier molecular flexibility index (Phi) is 5.19. The average Bonchev–Trinajstić information content (AvgIpc) is 1.98. The van der Waals surface area contributed by atoms with Crippen molar-refractivity contribution < 1.29 is 19.4 Å². The summed E-state index contributed by atoms with van der Waals surface area (Å²) in [6.45, 7) is -0.568. The Labute approximate surface area is 83.2 Å². The fourth-order valence-corrected chi connectivity index (χ4v) is 0.788. The zero-order chi connectivity index (χ0) is 9.56. The number of ether oxygens (including phenoxy) is 1. The lowest BCUT2D eigenvalue weighted by Crippen LogP contribution is -2.27. The van der Waals surface area contributed by atoms with E-state index in [9.17, 15) is 9.59 Å². The van der Waals surface area contributed by atoms with Gasteiger partial charge in [0.1, 0.15) is 6.54 Å². The molecular weight excluding hydrogens is 277 g/mol. The summed E-state index contributed by atoms with van der Waals surface area (Å²) in [4.78, 5) is 20.9. The minimum Gasteiger partial charge on any atom is -0.480 e. The summed E-state index contributed by atoms with van der Waals surface area (Å²) in [5.41, 5.74) is 0. The molecule has 0 unspecified atom stereocenters. The summed E-state index contributed by atoms with van der Waals surface area (Å²) in [5.74, 6) is 0.977. The van der Waals surface area contributed by atoms with E-state index in [-0.39, 0.29) is 6.61 Å². The van der Waals surface area contributed by atoms with Crippen LogP contribution in [0, 0.1) is 12.3 Å². The number of rotatable bonds is 3. The van der Waals surface area contributed by atoms with Gasteiger partial charge in [-0.05, 0) is 0 Å². The third kappa shape index (κ3) is 4.79. The van der Waals surface area contributed by atoms with E-state index in [1.165, 1.54) is 22.9 Å². The molecule has 0 aromatic rings. The molecule has 0 spiro atoms. The first kappa shape index (κ1) is 11.0. The lowest BCUT2D eigenvalue weighted by molar-refractivity contribution is -0.136. The van der Waals surface area contributed by atoms with Crippen molar-refractivity contribution in [2.75, 3.05) is 13.2 Å². The largest absolute Gasteiger partial charge is 0.480 e. The molecule has 0 heterocycles. The van der Waals surface area contributed by atoms with Crippen LogP contribution in [-0.4, -0.2) is 33.4 Å². The molecule has 0 aliphatic heterocycles. The predicted octanol–water partition coefficient (Wildman–Crippen LogP) is 0.493. The third-order valence-corrected chi connectivity index (χ3v) is 1.49. The Morgan fingerprint density at radius 1 is 1.67 bits per heavy atom. The third-order valence-electron chi connectivity index (χ3n) is 0.751. The summed E-state index contributed by atoms with van der Waals surface area (Å²) >= 11 is 1.53. The molecule has 6 heteroatoms. The topological polar surface area (TPSA) is 66.8 Å². The van der Waals surface area contributed by atoms with Crippen molar-refractivity contribution in [3.63, 3.8) is 0 Å². The molecule has 0 aliphatic carbocycles. The Hall–Kier alpha value is -0.970. The van der Waals surface area contributed by atoms with Gasteiger partial charge in [0.25, 0.3) is 0 Å². The number of nitrogens with zero attached hydrogens (tertiary/aromatic N) is 1. The van der Waals surface area contributed by atoms with Gasteiger partial charge in [-0.3, -0.25) is 4.79 Å². The van der Waals surface area contributed by atoms with Crippen molar-refractivity contribution in [3.05, 3.63) is 0 Å².